The van der Waals surface area contributed by atoms with E-state index in [0.29, 0.717) is 11.4 Å². The molecule has 0 aliphatic rings. The predicted molar refractivity (Wildman–Crippen MR) is 78.6 cm³/mol. The third-order valence-corrected chi connectivity index (χ3v) is 2.79. The molecular weight excluding hydrogens is 238 g/mol. The van der Waals surface area contributed by atoms with Gasteiger partial charge in [0, 0.05) is 0 Å². The molecule has 0 aliphatic heterocycles. The summed E-state index contributed by atoms with van der Waals surface area (Å²) in [7, 11) is 1.61. The summed E-state index contributed by atoms with van der Waals surface area (Å²) < 4.78 is 10.8. The third-order valence-electron chi connectivity index (χ3n) is 2.79. The second-order valence-electron chi connectivity index (χ2n) is 4.65. The Kier molecular flexibility index (Phi) is 3.95. The number of methoxy groups -OCH3 is 1. The summed E-state index contributed by atoms with van der Waals surface area (Å²) in [5, 5.41) is 0. The maximum Gasteiger partial charge on any atom is 0.141 e. The van der Waals surface area contributed by atoms with Gasteiger partial charge >= 0.3 is 0 Å². The minimum absolute atomic E-state index is 0.183. The van der Waals surface area contributed by atoms with Crippen molar-refractivity contribution >= 4 is 5.69 Å². The van der Waals surface area contributed by atoms with Gasteiger partial charge in [0.25, 0.3) is 0 Å². The van der Waals surface area contributed by atoms with Crippen molar-refractivity contribution in [3.05, 3.63) is 42.5 Å². The number of hydrogen-bond donors (Lipinski definition) is 1. The molecule has 0 aliphatic carbocycles. The summed E-state index contributed by atoms with van der Waals surface area (Å²) in [6.07, 6.45) is 0.183. The van der Waals surface area contributed by atoms with E-state index < -0.39 is 0 Å². The molecule has 0 heterocycles. The van der Waals surface area contributed by atoms with E-state index in [1.54, 1.807) is 7.11 Å². The highest BCUT2D eigenvalue weighted by Crippen LogP contribution is 2.29. The van der Waals surface area contributed by atoms with Gasteiger partial charge in [-0.25, -0.2) is 0 Å². The molecule has 2 aromatic carbocycles. The number of rotatable bonds is 4. The quantitative estimate of drug-likeness (QED) is 0.849. The Labute approximate surface area is 114 Å². The summed E-state index contributed by atoms with van der Waals surface area (Å²) in [6, 6.07) is 13.8. The van der Waals surface area contributed by atoms with Gasteiger partial charge in [0.05, 0.1) is 18.9 Å². The Morgan fingerprint density at radius 1 is 0.947 bits per heavy atom. The summed E-state index contributed by atoms with van der Waals surface area (Å²) in [5.41, 5.74) is 8.72. The Bertz CT molecular complexity index is 547. The van der Waals surface area contributed by atoms with Crippen LogP contribution in [0.2, 0.25) is 0 Å². The summed E-state index contributed by atoms with van der Waals surface area (Å²) in [4.78, 5) is 0. The summed E-state index contributed by atoms with van der Waals surface area (Å²) >= 11 is 0. The smallest absolute Gasteiger partial charge is 0.141 e. The molecule has 2 rings (SSSR count). The van der Waals surface area contributed by atoms with E-state index in [9.17, 15) is 0 Å². The van der Waals surface area contributed by atoms with Gasteiger partial charge in [0.1, 0.15) is 11.5 Å². The lowest BCUT2D eigenvalue weighted by Crippen LogP contribution is -2.05. The molecule has 0 amide bonds. The first kappa shape index (κ1) is 13.3. The van der Waals surface area contributed by atoms with Gasteiger partial charge in [-0.2, -0.15) is 0 Å². The zero-order valence-electron chi connectivity index (χ0n) is 11.5. The Morgan fingerprint density at radius 2 is 1.58 bits per heavy atom. The largest absolute Gasteiger partial charge is 0.495 e. The predicted octanol–water partition coefficient (Wildman–Crippen LogP) is 3.73. The molecule has 0 atom stereocenters. The van der Waals surface area contributed by atoms with Gasteiger partial charge in [-0.1, -0.05) is 18.2 Å². The van der Waals surface area contributed by atoms with E-state index >= 15 is 0 Å². The van der Waals surface area contributed by atoms with Gasteiger partial charge in [-0.05, 0) is 49.2 Å². The van der Waals surface area contributed by atoms with Gasteiger partial charge in [0.2, 0.25) is 0 Å². The third kappa shape index (κ3) is 3.19. The van der Waals surface area contributed by atoms with Gasteiger partial charge in [0.15, 0.2) is 0 Å². The van der Waals surface area contributed by atoms with Crippen molar-refractivity contribution in [3.63, 3.8) is 0 Å². The molecule has 100 valence electrons. The van der Waals surface area contributed by atoms with Crippen LogP contribution in [0.3, 0.4) is 0 Å². The topological polar surface area (TPSA) is 44.5 Å². The van der Waals surface area contributed by atoms with Crippen molar-refractivity contribution in [2.75, 3.05) is 12.8 Å². The van der Waals surface area contributed by atoms with Gasteiger partial charge in [-0.15, -0.1) is 0 Å². The fourth-order valence-corrected chi connectivity index (χ4v) is 1.91. The van der Waals surface area contributed by atoms with E-state index in [-0.39, 0.29) is 6.10 Å². The first-order valence-electron chi connectivity index (χ1n) is 6.30. The molecule has 2 N–H and O–H groups in total. The second-order valence-corrected chi connectivity index (χ2v) is 4.65. The molecule has 3 nitrogen and oxygen atoms in total. The van der Waals surface area contributed by atoms with E-state index in [0.717, 1.165) is 16.9 Å². The van der Waals surface area contributed by atoms with Crippen molar-refractivity contribution in [3.8, 4) is 22.6 Å². The van der Waals surface area contributed by atoms with Crippen LogP contribution in [-0.2, 0) is 0 Å². The summed E-state index contributed by atoms with van der Waals surface area (Å²) in [5.74, 6) is 1.57. The monoisotopic (exact) mass is 257 g/mol. The van der Waals surface area contributed by atoms with Crippen molar-refractivity contribution in [2.45, 2.75) is 20.0 Å². The highest BCUT2D eigenvalue weighted by Gasteiger charge is 2.04. The standard InChI is InChI=1S/C16H19NO2/c1-11(2)19-14-7-4-12(5-8-14)13-6-9-16(18-3)15(17)10-13/h4-11H,17H2,1-3H3. The fourth-order valence-electron chi connectivity index (χ4n) is 1.91. The number of hydrogen-bond acceptors (Lipinski definition) is 3. The molecule has 0 spiro atoms. The first-order valence-corrected chi connectivity index (χ1v) is 6.30. The van der Waals surface area contributed by atoms with Crippen molar-refractivity contribution < 1.29 is 9.47 Å². The lowest BCUT2D eigenvalue weighted by Gasteiger charge is -2.11. The maximum absolute atomic E-state index is 5.92. The number of ether oxygens (including phenoxy) is 2. The molecule has 2 aromatic rings. The second kappa shape index (κ2) is 5.65. The molecule has 0 fully saturated rings. The average molecular weight is 257 g/mol. The molecule has 0 unspecified atom stereocenters. The fraction of sp³-hybridized carbons (Fsp3) is 0.250. The van der Waals surface area contributed by atoms with Crippen molar-refractivity contribution in [1.29, 1.82) is 0 Å². The van der Waals surface area contributed by atoms with Crippen LogP contribution in [0.25, 0.3) is 11.1 Å². The normalized spacial score (nSPS) is 10.5. The van der Waals surface area contributed by atoms with E-state index in [1.165, 1.54) is 0 Å². The first-order chi connectivity index (χ1) is 9.10. The maximum atomic E-state index is 5.92. The lowest BCUT2D eigenvalue weighted by molar-refractivity contribution is 0.242. The highest BCUT2D eigenvalue weighted by atomic mass is 16.5. The van der Waals surface area contributed by atoms with Crippen LogP contribution in [0.4, 0.5) is 5.69 Å². The molecule has 19 heavy (non-hydrogen) atoms. The van der Waals surface area contributed by atoms with E-state index in [2.05, 4.69) is 0 Å². The SMILES string of the molecule is COc1ccc(-c2ccc(OC(C)C)cc2)cc1N. The van der Waals surface area contributed by atoms with Crippen LogP contribution >= 0.6 is 0 Å². The minimum Gasteiger partial charge on any atom is -0.495 e. The highest BCUT2D eigenvalue weighted by molar-refractivity contribution is 5.71. The molecule has 3 heteroatoms. The van der Waals surface area contributed by atoms with E-state index in [4.69, 9.17) is 15.2 Å². The number of anilines is 1. The number of nitrogens with two attached hydrogens (primary N) is 1. The van der Waals surface area contributed by atoms with Gasteiger partial charge in [-0.3, -0.25) is 0 Å². The lowest BCUT2D eigenvalue weighted by atomic mass is 10.0. The molecule has 0 saturated carbocycles. The van der Waals surface area contributed by atoms with E-state index in [1.807, 2.05) is 56.3 Å². The number of nitrogen functional groups attached to an aromatic ring is 1. The van der Waals surface area contributed by atoms with Crippen molar-refractivity contribution in [2.24, 2.45) is 0 Å². The van der Waals surface area contributed by atoms with Crippen LogP contribution in [-0.4, -0.2) is 13.2 Å². The zero-order valence-corrected chi connectivity index (χ0v) is 11.5. The van der Waals surface area contributed by atoms with Crippen LogP contribution < -0.4 is 15.2 Å². The van der Waals surface area contributed by atoms with Crippen LogP contribution in [0.15, 0.2) is 42.5 Å². The van der Waals surface area contributed by atoms with Gasteiger partial charge < -0.3 is 15.2 Å². The number of benzene rings is 2. The van der Waals surface area contributed by atoms with Crippen LogP contribution in [0.1, 0.15) is 13.8 Å². The zero-order chi connectivity index (χ0) is 13.8. The van der Waals surface area contributed by atoms with Crippen molar-refractivity contribution in [1.82, 2.24) is 0 Å². The van der Waals surface area contributed by atoms with Crippen LogP contribution in [0, 0.1) is 0 Å². The van der Waals surface area contributed by atoms with Crippen LogP contribution in [0.5, 0.6) is 11.5 Å². The molecular formula is C16H19NO2. The minimum atomic E-state index is 0.183. The molecule has 0 aromatic heterocycles. The average Bonchev–Trinajstić information content (AvgIpc) is 2.39. The molecule has 0 bridgehead atoms. The Morgan fingerprint density at radius 3 is 2.11 bits per heavy atom. The molecule has 0 saturated heterocycles. The Balaban J connectivity index is 2.24. The summed E-state index contributed by atoms with van der Waals surface area (Å²) in [6.45, 7) is 4.02. The molecule has 0 radical (unpaired) electrons. The Hall–Kier alpha value is -2.16.